The molecule has 2 aromatic rings. The van der Waals surface area contributed by atoms with Gasteiger partial charge in [-0.1, -0.05) is 77.9 Å². The van der Waals surface area contributed by atoms with Crippen LogP contribution in [-0.2, 0) is 17.3 Å². The Morgan fingerprint density at radius 3 is 1.32 bits per heavy atom. The van der Waals surface area contributed by atoms with E-state index >= 15 is 0 Å². The molecule has 0 amide bonds. The van der Waals surface area contributed by atoms with Gasteiger partial charge in [-0.15, -0.1) is 0 Å². The van der Waals surface area contributed by atoms with E-state index in [1.54, 1.807) is 0 Å². The van der Waals surface area contributed by atoms with Crippen molar-refractivity contribution in [1.29, 1.82) is 0 Å². The van der Waals surface area contributed by atoms with Gasteiger partial charge in [0.1, 0.15) is 0 Å². The van der Waals surface area contributed by atoms with Crippen molar-refractivity contribution in [2.75, 3.05) is 0 Å². The van der Waals surface area contributed by atoms with Gasteiger partial charge in [0, 0.05) is 0 Å². The van der Waals surface area contributed by atoms with E-state index in [0.29, 0.717) is 0 Å². The molecule has 0 radical (unpaired) electrons. The summed E-state index contributed by atoms with van der Waals surface area (Å²) in [5.74, 6) is 0. The zero-order valence-electron chi connectivity index (χ0n) is 14.2. The average molecular weight is 286 g/mol. The molecule has 0 bridgehead atoms. The van der Waals surface area contributed by atoms with Gasteiger partial charge in [-0.2, -0.15) is 0 Å². The van der Waals surface area contributed by atoms with Crippen LogP contribution in [0.4, 0.5) is 0 Å². The van der Waals surface area contributed by atoms with Gasteiger partial charge in [0.15, 0.2) is 0 Å². The van der Waals surface area contributed by atoms with Crippen LogP contribution in [0.3, 0.4) is 0 Å². The SMILES string of the molecule is CC(C)(C)c1ccc2c(c1)-c1cc(C(C)(C)C)ccc1C2.[LiH]. The quantitative estimate of drug-likeness (QED) is 0.498. The Morgan fingerprint density at radius 1 is 0.636 bits per heavy atom. The van der Waals surface area contributed by atoms with Crippen molar-refractivity contribution in [2.45, 2.75) is 58.8 Å². The van der Waals surface area contributed by atoms with Gasteiger partial charge < -0.3 is 0 Å². The third-order valence-electron chi connectivity index (χ3n) is 4.62. The maximum atomic E-state index is 2.41. The van der Waals surface area contributed by atoms with Gasteiger partial charge in [0.05, 0.1) is 0 Å². The Kier molecular flexibility index (Phi) is 4.42. The summed E-state index contributed by atoms with van der Waals surface area (Å²) in [6.45, 7) is 13.7. The van der Waals surface area contributed by atoms with E-state index in [0.717, 1.165) is 6.42 Å². The zero-order valence-corrected chi connectivity index (χ0v) is 14.2. The van der Waals surface area contributed by atoms with Gasteiger partial charge in [-0.05, 0) is 50.6 Å². The summed E-state index contributed by atoms with van der Waals surface area (Å²) in [6, 6.07) is 14.1. The third kappa shape index (κ3) is 3.05. The third-order valence-corrected chi connectivity index (χ3v) is 4.62. The van der Waals surface area contributed by atoms with E-state index in [4.69, 9.17) is 0 Å². The fourth-order valence-corrected chi connectivity index (χ4v) is 3.10. The first-order valence-electron chi connectivity index (χ1n) is 7.93. The fraction of sp³-hybridized carbons (Fsp3) is 0.429. The van der Waals surface area contributed by atoms with Crippen LogP contribution in [0.1, 0.15) is 63.8 Å². The summed E-state index contributed by atoms with van der Waals surface area (Å²) in [5, 5.41) is 0. The van der Waals surface area contributed by atoms with Gasteiger partial charge >= 0.3 is 18.9 Å². The molecule has 0 unspecified atom stereocenters. The number of hydrogen-bond donors (Lipinski definition) is 0. The molecule has 1 aliphatic rings. The molecule has 1 heteroatoms. The summed E-state index contributed by atoms with van der Waals surface area (Å²) in [5.41, 5.74) is 9.12. The first-order valence-corrected chi connectivity index (χ1v) is 7.93. The topological polar surface area (TPSA) is 0 Å². The number of fused-ring (bicyclic) bond motifs is 3. The molecule has 0 nitrogen and oxygen atoms in total. The molecule has 0 saturated heterocycles. The second-order valence-corrected chi connectivity index (χ2v) is 8.42. The summed E-state index contributed by atoms with van der Waals surface area (Å²) in [4.78, 5) is 0. The molecule has 0 spiro atoms. The predicted octanol–water partition coefficient (Wildman–Crippen LogP) is 5.20. The van der Waals surface area contributed by atoms with E-state index in [1.165, 1.54) is 33.4 Å². The Bertz CT molecular complexity index is 635. The van der Waals surface area contributed by atoms with Crippen molar-refractivity contribution in [2.24, 2.45) is 0 Å². The fourth-order valence-electron chi connectivity index (χ4n) is 3.10. The first-order chi connectivity index (χ1) is 9.66. The van der Waals surface area contributed by atoms with Crippen LogP contribution < -0.4 is 0 Å². The maximum absolute atomic E-state index is 2.41. The zero-order chi connectivity index (χ0) is 15.4. The van der Waals surface area contributed by atoms with E-state index in [1.807, 2.05) is 0 Å². The Labute approximate surface area is 147 Å². The summed E-state index contributed by atoms with van der Waals surface area (Å²) in [6.07, 6.45) is 1.08. The molecule has 0 aromatic heterocycles. The molecule has 2 aromatic carbocycles. The van der Waals surface area contributed by atoms with Crippen molar-refractivity contribution in [3.05, 3.63) is 58.7 Å². The molecule has 112 valence electrons. The second kappa shape index (κ2) is 5.59. The minimum absolute atomic E-state index is 0. The molecule has 0 atom stereocenters. The van der Waals surface area contributed by atoms with E-state index in [2.05, 4.69) is 77.9 Å². The molecule has 22 heavy (non-hydrogen) atoms. The van der Waals surface area contributed by atoms with Crippen LogP contribution >= 0.6 is 0 Å². The molecular weight excluding hydrogens is 259 g/mol. The number of rotatable bonds is 0. The van der Waals surface area contributed by atoms with Crippen molar-refractivity contribution < 1.29 is 0 Å². The van der Waals surface area contributed by atoms with Gasteiger partial charge in [-0.25, -0.2) is 0 Å². The van der Waals surface area contributed by atoms with Gasteiger partial charge in [-0.3, -0.25) is 0 Å². The normalized spacial score (nSPS) is 13.4. The second-order valence-electron chi connectivity index (χ2n) is 8.42. The van der Waals surface area contributed by atoms with Crippen molar-refractivity contribution in [1.82, 2.24) is 0 Å². The van der Waals surface area contributed by atoms with Gasteiger partial charge in [0.2, 0.25) is 0 Å². The standard InChI is InChI=1S/C21H26.Li.H/c1-20(2,3)16-9-7-14-11-15-8-10-17(21(4,5)6)13-19(15)18(14)12-16;;/h7-10,12-13H,11H2,1-6H3;;. The summed E-state index contributed by atoms with van der Waals surface area (Å²) < 4.78 is 0. The molecule has 0 saturated carbocycles. The minimum atomic E-state index is 0. The molecular formula is C21H27Li. The molecule has 1 aliphatic carbocycles. The van der Waals surface area contributed by atoms with Crippen LogP contribution in [0.25, 0.3) is 11.1 Å². The van der Waals surface area contributed by atoms with Crippen molar-refractivity contribution in [3.63, 3.8) is 0 Å². The van der Waals surface area contributed by atoms with Crippen LogP contribution in [0.15, 0.2) is 36.4 Å². The monoisotopic (exact) mass is 286 g/mol. The average Bonchev–Trinajstić information content (AvgIpc) is 2.73. The van der Waals surface area contributed by atoms with Crippen LogP contribution in [0, 0.1) is 0 Å². The number of benzene rings is 2. The van der Waals surface area contributed by atoms with Crippen molar-refractivity contribution >= 4 is 18.9 Å². The first kappa shape index (κ1) is 17.4. The van der Waals surface area contributed by atoms with E-state index < -0.39 is 0 Å². The molecule has 0 N–H and O–H groups in total. The predicted molar refractivity (Wildman–Crippen MR) is 99.2 cm³/mol. The summed E-state index contributed by atoms with van der Waals surface area (Å²) in [7, 11) is 0. The summed E-state index contributed by atoms with van der Waals surface area (Å²) >= 11 is 0. The van der Waals surface area contributed by atoms with E-state index in [9.17, 15) is 0 Å². The Morgan fingerprint density at radius 2 is 1.00 bits per heavy atom. The van der Waals surface area contributed by atoms with Crippen LogP contribution in [0.2, 0.25) is 0 Å². The number of hydrogen-bond acceptors (Lipinski definition) is 0. The molecule has 0 aliphatic heterocycles. The van der Waals surface area contributed by atoms with Crippen LogP contribution in [-0.4, -0.2) is 18.9 Å². The molecule has 3 rings (SSSR count). The van der Waals surface area contributed by atoms with Crippen molar-refractivity contribution in [3.8, 4) is 11.1 Å². The van der Waals surface area contributed by atoms with Crippen LogP contribution in [0.5, 0.6) is 0 Å². The molecule has 0 fully saturated rings. The van der Waals surface area contributed by atoms with Gasteiger partial charge in [0.25, 0.3) is 0 Å². The Hall–Kier alpha value is -0.963. The molecule has 0 heterocycles. The Balaban J connectivity index is 0.00000176. The van der Waals surface area contributed by atoms with E-state index in [-0.39, 0.29) is 29.7 Å².